The van der Waals surface area contributed by atoms with Gasteiger partial charge >= 0.3 is 16.8 Å². The second kappa shape index (κ2) is 29.2. The van der Waals surface area contributed by atoms with Gasteiger partial charge in [-0.05, 0) is 95.8 Å². The first-order valence-corrected chi connectivity index (χ1v) is 32.6. The van der Waals surface area contributed by atoms with Crippen molar-refractivity contribution in [2.75, 3.05) is 32.8 Å². The van der Waals surface area contributed by atoms with E-state index in [9.17, 15) is 48.1 Å². The Kier molecular flexibility index (Phi) is 23.8. The molecule has 3 unspecified atom stereocenters. The molecule has 92 heavy (non-hydrogen) atoms. The monoisotopic (exact) mass is 1350 g/mol. The molecule has 7 amide bonds. The van der Waals surface area contributed by atoms with Gasteiger partial charge in [0.15, 0.2) is 0 Å². The largest absolute Gasteiger partial charge is 2.00 e. The number of carbonyl (C=O) groups is 7. The van der Waals surface area contributed by atoms with Gasteiger partial charge in [-0.3, -0.25) is 58.1 Å². The summed E-state index contributed by atoms with van der Waals surface area (Å²) in [5.74, 6) is -5.02. The molecule has 511 valence electrons. The normalized spacial score (nSPS) is 34.1. The molecule has 17 atom stereocenters. The fraction of sp³-hybridized carbons (Fsp3) is 0.656. The Labute approximate surface area is 552 Å². The maximum absolute atomic E-state index is 14.4. The minimum absolute atomic E-state index is 0. The van der Waals surface area contributed by atoms with E-state index in [0.29, 0.717) is 71.0 Å². The van der Waals surface area contributed by atoms with Gasteiger partial charge in [-0.2, -0.15) is 5.70 Å². The van der Waals surface area contributed by atoms with E-state index >= 15 is 0 Å². The first kappa shape index (κ1) is 74.8. The molecule has 8 aliphatic rings. The van der Waals surface area contributed by atoms with Crippen molar-refractivity contribution in [2.24, 2.45) is 88.4 Å². The first-order chi connectivity index (χ1) is 42.3. The number of hydrogen-bond donors (Lipinski definition) is 8. The van der Waals surface area contributed by atoms with E-state index in [4.69, 9.17) is 51.3 Å². The number of allylic oxidation sites excluding steroid dienone is 8. The van der Waals surface area contributed by atoms with Crippen LogP contribution in [0.1, 0.15) is 136 Å². The fourth-order valence-corrected chi connectivity index (χ4v) is 17.0. The summed E-state index contributed by atoms with van der Waals surface area (Å²) in [5, 5.41) is 27.7. The van der Waals surface area contributed by atoms with Crippen LogP contribution in [0.3, 0.4) is 0 Å². The molecule has 26 nitrogen and oxygen atoms in total. The van der Waals surface area contributed by atoms with E-state index in [1.807, 2.05) is 80.2 Å². The van der Waals surface area contributed by atoms with Crippen molar-refractivity contribution in [1.29, 1.82) is 0 Å². The van der Waals surface area contributed by atoms with Gasteiger partial charge in [-0.15, -0.1) is 0 Å². The molecule has 7 heterocycles. The SMILES string of the molecule is CC1=CC2N=CN([C@H]3O[C@H](CO)[C@@H](OP(=O)([O-])O[C@H](C)CNC(=O)CC[C@@]4(C)C5=C(C)C6=NC(=CC7=NC(=C(C)C8=N[C@@](C)([C@H]([N-]5)[C@@H]4CNC=O)[C@@](C)(CNC=O)[C@@H]8CCNC=O)[C@@](C)(CC(N)=O)[C@@H]7CCC(N)=O)C(C)(C)[C@@H]6CCC(N)=O)[C@H]3C)C2C=C1C.[CH3-].[Co+2].[HH]. The summed E-state index contributed by atoms with van der Waals surface area (Å²) >= 11 is 0. The van der Waals surface area contributed by atoms with Gasteiger partial charge in [-0.25, -0.2) is 0 Å². The van der Waals surface area contributed by atoms with Crippen LogP contribution in [0.5, 0.6) is 0 Å². The van der Waals surface area contributed by atoms with Crippen LogP contribution in [-0.2, 0) is 68.7 Å². The van der Waals surface area contributed by atoms with Crippen LogP contribution in [0.15, 0.2) is 77.6 Å². The third-order valence-corrected chi connectivity index (χ3v) is 22.3. The summed E-state index contributed by atoms with van der Waals surface area (Å²) in [7, 11) is -5.12. The molecule has 28 heteroatoms. The number of rotatable bonds is 29. The van der Waals surface area contributed by atoms with Crippen LogP contribution in [0, 0.1) is 58.7 Å². The van der Waals surface area contributed by atoms with E-state index in [0.717, 1.165) is 11.1 Å². The summed E-state index contributed by atoms with van der Waals surface area (Å²) in [5.41, 5.74) is 19.1. The fourth-order valence-electron chi connectivity index (χ4n) is 15.8. The van der Waals surface area contributed by atoms with Crippen LogP contribution in [0.25, 0.3) is 5.32 Å². The van der Waals surface area contributed by atoms with Crippen LogP contribution in [0.2, 0.25) is 0 Å². The summed E-state index contributed by atoms with van der Waals surface area (Å²) in [6, 6.07) is -1.16. The molecule has 1 radical (unpaired) electrons. The van der Waals surface area contributed by atoms with Crippen molar-refractivity contribution in [3.63, 3.8) is 0 Å². The Hall–Kier alpha value is -6.19. The standard InChI is InChI=1S/C63H94N13O13P.CH3.Co.H2/c1-33-21-44-45(22-34(33)2)76(29-71-44)58-38(6)54(46(27-77)87-58)89-90(85,86)88-35(3)25-70-51(84)17-19-60(9)42(26-68-31-79)57-63(12)62(11,28-69-32-80)41(18-20-67-30-78)53(75-63)37(5)56-61(10,24-50(66)83)39(13-15-48(64)81)43(72-56)23-47-59(7,8)40(14-16-49(65)82)52(73-47)36(4)55(60)74-57;;;/h21-23,29-32,35,38-42,44-46,54,57-58,77H,13-20,24-28H2,1-12H3,(H12,64,65,66,67,68,69,70,72,73,74,75,78,79,80,81,82,83,84,85,86);1H3;;1H/q;-1;+2;/p-2/t35-,38-,39-,40-,41-,42+,44?,45?,46-,54+,57-,58+,60-,61+,62+,63+;;;/m1.../s1. The van der Waals surface area contributed by atoms with Crippen LogP contribution in [0.4, 0.5) is 0 Å². The summed E-state index contributed by atoms with van der Waals surface area (Å²) in [6.45, 7) is 22.3. The van der Waals surface area contributed by atoms with E-state index in [2.05, 4.69) is 38.4 Å². The van der Waals surface area contributed by atoms with E-state index < -0.39 is 125 Å². The predicted molar refractivity (Wildman–Crippen MR) is 345 cm³/mol. The summed E-state index contributed by atoms with van der Waals surface area (Å²) < 4.78 is 31.2. The first-order valence-electron chi connectivity index (χ1n) is 31.2. The molecule has 0 spiro atoms. The molecule has 2 saturated heterocycles. The molecule has 8 bridgehead atoms. The van der Waals surface area contributed by atoms with Gasteiger partial charge in [0.25, 0.3) is 7.82 Å². The minimum atomic E-state index is -5.12. The van der Waals surface area contributed by atoms with Gasteiger partial charge in [0.1, 0.15) is 18.4 Å². The van der Waals surface area contributed by atoms with E-state index in [1.165, 1.54) is 6.92 Å². The number of nitrogens with two attached hydrogens (primary N) is 3. The number of amides is 7. The number of aliphatic hydroxyl groups is 1. The Bertz CT molecular complexity index is 3240. The Morgan fingerprint density at radius 2 is 1.51 bits per heavy atom. The van der Waals surface area contributed by atoms with Crippen LogP contribution >= 0.6 is 7.82 Å². The van der Waals surface area contributed by atoms with E-state index in [-0.39, 0.29) is 109 Å². The van der Waals surface area contributed by atoms with Crippen molar-refractivity contribution < 1.29 is 80.1 Å². The number of carbonyl (C=O) groups excluding carboxylic acids is 7. The number of fused-ring (bicyclic) bond motifs is 7. The minimum Gasteiger partial charge on any atom is -0.756 e. The third kappa shape index (κ3) is 14.3. The molecular formula is C64H97CoN13O13P-. The second-order valence-corrected chi connectivity index (χ2v) is 28.6. The Morgan fingerprint density at radius 3 is 2.13 bits per heavy atom. The van der Waals surface area contributed by atoms with Crippen LogP contribution in [-0.4, -0.2) is 157 Å². The van der Waals surface area contributed by atoms with Crippen molar-refractivity contribution in [2.45, 2.75) is 183 Å². The molecule has 0 aromatic rings. The van der Waals surface area contributed by atoms with Crippen molar-refractivity contribution in [3.05, 3.63) is 70.4 Å². The van der Waals surface area contributed by atoms with Gasteiger partial charge in [0.2, 0.25) is 42.9 Å². The molecule has 0 aromatic carbocycles. The third-order valence-electron chi connectivity index (χ3n) is 21.2. The maximum atomic E-state index is 14.4. The van der Waals surface area contributed by atoms with E-state index in [1.54, 1.807) is 13.3 Å². The van der Waals surface area contributed by atoms with Crippen molar-refractivity contribution >= 4 is 74.2 Å². The summed E-state index contributed by atoms with van der Waals surface area (Å²) in [4.78, 5) is 127. The van der Waals surface area contributed by atoms with Gasteiger partial charge in [-0.1, -0.05) is 70.9 Å². The number of aliphatic imine (C=N–C) groups is 4. The zero-order valence-corrected chi connectivity index (χ0v) is 57.1. The number of aliphatic hydroxyl groups excluding tert-OH is 1. The Morgan fingerprint density at radius 1 is 0.870 bits per heavy atom. The number of ether oxygens (including phenoxy) is 1. The molecule has 1 aliphatic carbocycles. The topological polar surface area (TPSA) is 400 Å². The Balaban J connectivity index is 0.00000523. The van der Waals surface area contributed by atoms with Gasteiger partial charge in [0.05, 0.1) is 42.4 Å². The molecule has 0 aromatic heterocycles. The molecule has 2 fully saturated rings. The smallest absolute Gasteiger partial charge is 0.756 e. The number of primary amides is 3. The predicted octanol–water partition coefficient (Wildman–Crippen LogP) is 4.04. The average Bonchev–Trinajstić information content (AvgIpc) is 1.53. The number of nitrogens with one attached hydrogen (secondary N) is 4. The molecule has 11 N–H and O–H groups in total. The number of phosphoric acid groups is 1. The molecule has 8 rings (SSSR count). The molecular weight excluding hydrogens is 1250 g/mol. The molecule has 0 saturated carbocycles. The molecule has 7 aliphatic heterocycles. The second-order valence-electron chi connectivity index (χ2n) is 27.2. The zero-order chi connectivity index (χ0) is 66.2. The number of phosphoric ester groups is 1. The number of hydrogen-bond acceptors (Lipinski definition) is 18. The average molecular weight is 1350 g/mol. The van der Waals surface area contributed by atoms with Gasteiger partial charge in [0, 0.05) is 116 Å². The number of nitrogens with zero attached hydrogens (tertiary/aromatic N) is 6. The van der Waals surface area contributed by atoms with Crippen molar-refractivity contribution in [3.8, 4) is 0 Å². The summed E-state index contributed by atoms with van der Waals surface area (Å²) in [6.07, 6.45) is 6.06. The van der Waals surface area contributed by atoms with Gasteiger partial charge < -0.3 is 79.9 Å². The quantitative estimate of drug-likeness (QED) is 0.0227. The zero-order valence-electron chi connectivity index (χ0n) is 55.2. The maximum Gasteiger partial charge on any atom is 2.00 e. The van der Waals surface area contributed by atoms with Crippen LogP contribution < -0.4 is 43.4 Å². The van der Waals surface area contributed by atoms with Crippen molar-refractivity contribution in [1.82, 2.24) is 26.2 Å².